The van der Waals surface area contributed by atoms with Crippen LogP contribution in [0.25, 0.3) is 0 Å². The third kappa shape index (κ3) is 3.18. The average Bonchev–Trinajstić information content (AvgIpc) is 2.93. The van der Waals surface area contributed by atoms with Crippen molar-refractivity contribution < 1.29 is 4.79 Å². The minimum Gasteiger partial charge on any atom is -0.354 e. The van der Waals surface area contributed by atoms with Crippen LogP contribution in [-0.2, 0) is 4.79 Å². The average molecular weight is 307 g/mol. The molecule has 1 amide bonds. The van der Waals surface area contributed by atoms with Crippen LogP contribution in [0.2, 0.25) is 0 Å². The second-order valence-corrected chi connectivity index (χ2v) is 8.86. The van der Waals surface area contributed by atoms with E-state index < -0.39 is 0 Å². The topological polar surface area (TPSA) is 35.6 Å². The molecule has 1 unspecified atom stereocenters. The van der Waals surface area contributed by atoms with Gasteiger partial charge < -0.3 is 5.32 Å². The molecule has 0 radical (unpaired) electrons. The number of piperidine rings is 2. The molecule has 1 aliphatic carbocycles. The van der Waals surface area contributed by atoms with Gasteiger partial charge in [-0.05, 0) is 59.3 Å². The zero-order chi connectivity index (χ0) is 16.1. The predicted molar refractivity (Wildman–Crippen MR) is 89.7 cm³/mol. The van der Waals surface area contributed by atoms with E-state index in [-0.39, 0.29) is 6.04 Å². The van der Waals surface area contributed by atoms with Crippen molar-refractivity contribution in [1.29, 1.82) is 0 Å². The fraction of sp³-hybridized carbons (Fsp3) is 0.944. The van der Waals surface area contributed by atoms with Crippen molar-refractivity contribution in [3.63, 3.8) is 0 Å². The molecule has 0 aromatic carbocycles. The molecule has 3 aliphatic rings. The van der Waals surface area contributed by atoms with E-state index in [1.165, 1.54) is 25.9 Å². The maximum atomic E-state index is 12.1. The number of likely N-dealkylation sites (tertiary alicyclic amines) is 2. The van der Waals surface area contributed by atoms with E-state index in [0.717, 1.165) is 19.1 Å². The maximum absolute atomic E-state index is 12.1. The van der Waals surface area contributed by atoms with Gasteiger partial charge in [-0.3, -0.25) is 14.6 Å². The summed E-state index contributed by atoms with van der Waals surface area (Å²) in [5.41, 5.74) is 0.304. The van der Waals surface area contributed by atoms with Gasteiger partial charge in [-0.1, -0.05) is 0 Å². The second kappa shape index (κ2) is 5.79. The van der Waals surface area contributed by atoms with Gasteiger partial charge in [0.25, 0.3) is 0 Å². The Labute approximate surface area is 135 Å². The lowest BCUT2D eigenvalue weighted by atomic mass is 9.97. The highest BCUT2D eigenvalue weighted by Gasteiger charge is 2.60. The molecular formula is C18H33N3O. The first-order valence-electron chi connectivity index (χ1n) is 9.07. The quantitative estimate of drug-likeness (QED) is 0.866. The van der Waals surface area contributed by atoms with Gasteiger partial charge >= 0.3 is 0 Å². The Kier molecular flexibility index (Phi) is 4.28. The number of carbonyl (C=O) groups excluding carboxylic acids is 1. The molecule has 1 saturated carbocycles. The minimum atomic E-state index is 0.270. The van der Waals surface area contributed by atoms with Gasteiger partial charge in [0.2, 0.25) is 5.91 Å². The first-order chi connectivity index (χ1) is 10.3. The highest BCUT2D eigenvalue weighted by atomic mass is 16.2. The molecule has 4 nitrogen and oxygen atoms in total. The summed E-state index contributed by atoms with van der Waals surface area (Å²) in [6, 6.07) is 1.02. The molecule has 22 heavy (non-hydrogen) atoms. The maximum Gasteiger partial charge on any atom is 0.223 e. The van der Waals surface area contributed by atoms with E-state index in [1.54, 1.807) is 0 Å². The summed E-state index contributed by atoms with van der Waals surface area (Å²) in [4.78, 5) is 17.4. The lowest BCUT2D eigenvalue weighted by Crippen LogP contribution is -2.51. The molecule has 1 N–H and O–H groups in total. The Morgan fingerprint density at radius 1 is 1.09 bits per heavy atom. The van der Waals surface area contributed by atoms with E-state index in [1.807, 2.05) is 13.8 Å². The Morgan fingerprint density at radius 2 is 1.64 bits per heavy atom. The summed E-state index contributed by atoms with van der Waals surface area (Å²) in [5, 5.41) is 3.09. The van der Waals surface area contributed by atoms with E-state index in [4.69, 9.17) is 0 Å². The van der Waals surface area contributed by atoms with Crippen molar-refractivity contribution in [2.45, 2.75) is 65.1 Å². The lowest BCUT2D eigenvalue weighted by molar-refractivity contribution is -0.123. The zero-order valence-electron chi connectivity index (χ0n) is 14.9. The van der Waals surface area contributed by atoms with Crippen LogP contribution in [-0.4, -0.2) is 59.5 Å². The van der Waals surface area contributed by atoms with Crippen LogP contribution < -0.4 is 5.32 Å². The predicted octanol–water partition coefficient (Wildman–Crippen LogP) is 1.95. The number of nitrogens with zero attached hydrogens (tertiary/aromatic N) is 2. The van der Waals surface area contributed by atoms with Gasteiger partial charge in [0.05, 0.1) is 0 Å². The zero-order valence-corrected chi connectivity index (χ0v) is 14.9. The smallest absolute Gasteiger partial charge is 0.223 e. The standard InChI is InChI=1S/C18H33N3O/c1-12(2)19-17(22)16-14-10-20(11-15(14)16)13-6-8-21(9-7-13)18(3,4)5/h12-16H,6-11H2,1-5H3,(H,19,22)/t14-,15+,16?. The largest absolute Gasteiger partial charge is 0.354 e. The van der Waals surface area contributed by atoms with Crippen molar-refractivity contribution in [2.75, 3.05) is 26.2 Å². The number of amides is 1. The van der Waals surface area contributed by atoms with Gasteiger partial charge in [-0.15, -0.1) is 0 Å². The normalized spacial score (nSPS) is 34.0. The number of rotatable bonds is 3. The number of carbonyl (C=O) groups is 1. The van der Waals surface area contributed by atoms with Crippen LogP contribution in [0.4, 0.5) is 0 Å². The van der Waals surface area contributed by atoms with Crippen LogP contribution in [0.1, 0.15) is 47.5 Å². The van der Waals surface area contributed by atoms with Gasteiger partial charge in [0.15, 0.2) is 0 Å². The van der Waals surface area contributed by atoms with Crippen molar-refractivity contribution in [2.24, 2.45) is 17.8 Å². The molecule has 126 valence electrons. The first-order valence-corrected chi connectivity index (χ1v) is 9.07. The molecule has 0 spiro atoms. The Bertz CT molecular complexity index is 409. The van der Waals surface area contributed by atoms with E-state index in [2.05, 4.69) is 35.9 Å². The Balaban J connectivity index is 1.44. The van der Waals surface area contributed by atoms with Crippen LogP contribution in [0.5, 0.6) is 0 Å². The van der Waals surface area contributed by atoms with Gasteiger partial charge in [0, 0.05) is 49.7 Å². The number of hydrogen-bond acceptors (Lipinski definition) is 3. The van der Waals surface area contributed by atoms with E-state index in [9.17, 15) is 4.79 Å². The summed E-state index contributed by atoms with van der Waals surface area (Å²) >= 11 is 0. The van der Waals surface area contributed by atoms with Crippen molar-refractivity contribution in [1.82, 2.24) is 15.1 Å². The second-order valence-electron chi connectivity index (χ2n) is 8.86. The molecular weight excluding hydrogens is 274 g/mol. The molecule has 2 heterocycles. The molecule has 0 bridgehead atoms. The molecule has 0 aromatic heterocycles. The third-order valence-corrected chi connectivity index (χ3v) is 5.89. The highest BCUT2D eigenvalue weighted by molar-refractivity contribution is 5.82. The third-order valence-electron chi connectivity index (χ3n) is 5.89. The Morgan fingerprint density at radius 3 is 2.09 bits per heavy atom. The minimum absolute atomic E-state index is 0.270. The van der Waals surface area contributed by atoms with Crippen molar-refractivity contribution >= 4 is 5.91 Å². The Hall–Kier alpha value is -0.610. The lowest BCUT2D eigenvalue weighted by Gasteiger charge is -2.43. The molecule has 2 saturated heterocycles. The summed E-state index contributed by atoms with van der Waals surface area (Å²) < 4.78 is 0. The fourth-order valence-electron chi connectivity index (χ4n) is 4.53. The molecule has 2 aliphatic heterocycles. The SMILES string of the molecule is CC(C)NC(=O)C1[C@H]2CN(C3CCN(C(C)(C)C)CC3)C[C@@H]12. The number of hydrogen-bond donors (Lipinski definition) is 1. The van der Waals surface area contributed by atoms with Crippen LogP contribution in [0, 0.1) is 17.8 Å². The fourth-order valence-corrected chi connectivity index (χ4v) is 4.53. The van der Waals surface area contributed by atoms with Crippen LogP contribution >= 0.6 is 0 Å². The summed E-state index contributed by atoms with van der Waals surface area (Å²) in [7, 11) is 0. The molecule has 4 heteroatoms. The number of fused-ring (bicyclic) bond motifs is 1. The summed E-state index contributed by atoms with van der Waals surface area (Å²) in [6.45, 7) is 15.8. The van der Waals surface area contributed by atoms with E-state index >= 15 is 0 Å². The first kappa shape index (κ1) is 16.3. The monoisotopic (exact) mass is 307 g/mol. The number of nitrogens with one attached hydrogen (secondary N) is 1. The van der Waals surface area contributed by atoms with Crippen LogP contribution in [0.15, 0.2) is 0 Å². The van der Waals surface area contributed by atoms with Gasteiger partial charge in [-0.2, -0.15) is 0 Å². The molecule has 3 rings (SSSR count). The highest BCUT2D eigenvalue weighted by Crippen LogP contribution is 2.52. The van der Waals surface area contributed by atoms with Crippen molar-refractivity contribution in [3.05, 3.63) is 0 Å². The van der Waals surface area contributed by atoms with Gasteiger partial charge in [0.1, 0.15) is 0 Å². The van der Waals surface area contributed by atoms with Gasteiger partial charge in [-0.25, -0.2) is 0 Å². The van der Waals surface area contributed by atoms with Crippen LogP contribution in [0.3, 0.4) is 0 Å². The van der Waals surface area contributed by atoms with Crippen molar-refractivity contribution in [3.8, 4) is 0 Å². The summed E-state index contributed by atoms with van der Waals surface area (Å²) in [5.74, 6) is 1.89. The molecule has 3 fully saturated rings. The molecule has 3 atom stereocenters. The van der Waals surface area contributed by atoms with E-state index in [0.29, 0.717) is 29.2 Å². The molecule has 0 aromatic rings. The summed E-state index contributed by atoms with van der Waals surface area (Å²) in [6.07, 6.45) is 2.58.